The van der Waals surface area contributed by atoms with E-state index in [0.29, 0.717) is 17.9 Å². The van der Waals surface area contributed by atoms with Gasteiger partial charge in [0.05, 0.1) is 17.6 Å². The van der Waals surface area contributed by atoms with Crippen LogP contribution in [0, 0.1) is 0 Å². The number of hydrogen-bond donors (Lipinski definition) is 2. The normalized spacial score (nSPS) is 19.8. The van der Waals surface area contributed by atoms with Crippen molar-refractivity contribution in [2.45, 2.75) is 11.7 Å². The van der Waals surface area contributed by atoms with Gasteiger partial charge in [0.15, 0.2) is 5.25 Å². The molecular formula is C16H18N4O3S. The molecule has 2 heterocycles. The number of aromatic nitrogens is 1. The van der Waals surface area contributed by atoms with E-state index in [-0.39, 0.29) is 6.42 Å². The average Bonchev–Trinajstić information content (AvgIpc) is 2.84. The Morgan fingerprint density at radius 1 is 1.21 bits per heavy atom. The van der Waals surface area contributed by atoms with E-state index >= 15 is 0 Å². The summed E-state index contributed by atoms with van der Waals surface area (Å²) in [7, 11) is -2.10. The van der Waals surface area contributed by atoms with Gasteiger partial charge in [-0.2, -0.15) is 0 Å². The molecule has 24 heavy (non-hydrogen) atoms. The van der Waals surface area contributed by atoms with Gasteiger partial charge in [-0.05, 0) is 24.6 Å². The monoisotopic (exact) mass is 346 g/mol. The van der Waals surface area contributed by atoms with Gasteiger partial charge in [-0.3, -0.25) is 9.78 Å². The van der Waals surface area contributed by atoms with Crippen LogP contribution in [0.15, 0.2) is 48.8 Å². The van der Waals surface area contributed by atoms with Crippen molar-refractivity contribution in [1.82, 2.24) is 9.29 Å². The highest BCUT2D eigenvalue weighted by Gasteiger charge is 2.41. The van der Waals surface area contributed by atoms with Crippen LogP contribution in [0.5, 0.6) is 0 Å². The minimum Gasteiger partial charge on any atom is -0.354 e. The second kappa shape index (κ2) is 6.58. The van der Waals surface area contributed by atoms with Gasteiger partial charge < -0.3 is 10.6 Å². The fourth-order valence-corrected chi connectivity index (χ4v) is 4.08. The van der Waals surface area contributed by atoms with E-state index < -0.39 is 21.2 Å². The third-order valence-corrected chi connectivity index (χ3v) is 6.14. The van der Waals surface area contributed by atoms with E-state index in [0.717, 1.165) is 5.69 Å². The SMILES string of the molecule is CN1CCC(C(=O)Nc2cnccc2Nc2ccccc2)S1(=O)=O. The fraction of sp³-hybridized carbons (Fsp3) is 0.250. The van der Waals surface area contributed by atoms with Gasteiger partial charge in [-0.1, -0.05) is 18.2 Å². The Hall–Kier alpha value is -2.45. The van der Waals surface area contributed by atoms with Crippen LogP contribution in [0.4, 0.5) is 17.1 Å². The van der Waals surface area contributed by atoms with Gasteiger partial charge in [0, 0.05) is 25.5 Å². The van der Waals surface area contributed by atoms with E-state index in [1.165, 1.54) is 17.5 Å². The topological polar surface area (TPSA) is 91.4 Å². The summed E-state index contributed by atoms with van der Waals surface area (Å²) in [5, 5.41) is 4.80. The van der Waals surface area contributed by atoms with Gasteiger partial charge >= 0.3 is 0 Å². The number of pyridine rings is 1. The predicted molar refractivity (Wildman–Crippen MR) is 92.5 cm³/mol. The third-order valence-electron chi connectivity index (χ3n) is 3.92. The minimum absolute atomic E-state index is 0.284. The molecule has 0 aliphatic carbocycles. The molecule has 1 aromatic carbocycles. The number of sulfonamides is 1. The summed E-state index contributed by atoms with van der Waals surface area (Å²) < 4.78 is 25.5. The molecule has 1 atom stereocenters. The zero-order chi connectivity index (χ0) is 17.2. The third kappa shape index (κ3) is 3.24. The quantitative estimate of drug-likeness (QED) is 0.881. The molecule has 0 bridgehead atoms. The molecule has 126 valence electrons. The molecule has 2 N–H and O–H groups in total. The molecule has 1 aliphatic heterocycles. The number of anilines is 3. The van der Waals surface area contributed by atoms with Gasteiger partial charge in [-0.25, -0.2) is 12.7 Å². The Morgan fingerprint density at radius 2 is 1.96 bits per heavy atom. The molecule has 1 aromatic heterocycles. The summed E-state index contributed by atoms with van der Waals surface area (Å²) in [6.07, 6.45) is 3.38. The number of nitrogens with zero attached hydrogens (tertiary/aromatic N) is 2. The molecular weight excluding hydrogens is 328 g/mol. The van der Waals surface area contributed by atoms with Crippen LogP contribution < -0.4 is 10.6 Å². The number of rotatable bonds is 4. The number of nitrogens with one attached hydrogen (secondary N) is 2. The van der Waals surface area contributed by atoms with Crippen LogP contribution in [0.1, 0.15) is 6.42 Å². The summed E-state index contributed by atoms with van der Waals surface area (Å²) >= 11 is 0. The van der Waals surface area contributed by atoms with E-state index in [1.54, 1.807) is 12.3 Å². The summed E-state index contributed by atoms with van der Waals surface area (Å²) in [5.41, 5.74) is 1.94. The average molecular weight is 346 g/mol. The number of benzene rings is 1. The van der Waals surface area contributed by atoms with Crippen LogP contribution >= 0.6 is 0 Å². The summed E-state index contributed by atoms with van der Waals surface area (Å²) in [6.45, 7) is 0.350. The first kappa shape index (κ1) is 16.4. The van der Waals surface area contributed by atoms with Crippen molar-refractivity contribution in [2.24, 2.45) is 0 Å². The van der Waals surface area contributed by atoms with Crippen LogP contribution in [-0.2, 0) is 14.8 Å². The number of amides is 1. The van der Waals surface area contributed by atoms with Gasteiger partial charge in [-0.15, -0.1) is 0 Å². The first-order valence-electron chi connectivity index (χ1n) is 7.50. The Labute approximate surface area is 140 Å². The highest BCUT2D eigenvalue weighted by Crippen LogP contribution is 2.26. The number of carbonyl (C=O) groups excluding carboxylic acids is 1. The van der Waals surface area contributed by atoms with E-state index in [9.17, 15) is 13.2 Å². The summed E-state index contributed by atoms with van der Waals surface area (Å²) in [5.74, 6) is -0.538. The van der Waals surface area contributed by atoms with Crippen LogP contribution in [0.3, 0.4) is 0 Å². The summed E-state index contributed by atoms with van der Waals surface area (Å²) in [4.78, 5) is 16.4. The molecule has 1 fully saturated rings. The zero-order valence-corrected chi connectivity index (χ0v) is 14.0. The molecule has 8 heteroatoms. The maximum absolute atomic E-state index is 12.4. The minimum atomic E-state index is -3.58. The molecule has 2 aromatic rings. The molecule has 1 aliphatic rings. The van der Waals surface area contributed by atoms with Crippen LogP contribution in [0.25, 0.3) is 0 Å². The first-order chi connectivity index (χ1) is 11.5. The Kier molecular flexibility index (Phi) is 4.50. The van der Waals surface area contributed by atoms with Crippen molar-refractivity contribution in [3.05, 3.63) is 48.8 Å². The second-order valence-electron chi connectivity index (χ2n) is 5.55. The number of carbonyl (C=O) groups is 1. The molecule has 1 unspecified atom stereocenters. The summed E-state index contributed by atoms with van der Waals surface area (Å²) in [6, 6.07) is 11.2. The lowest BCUT2D eigenvalue weighted by molar-refractivity contribution is -0.115. The van der Waals surface area contributed by atoms with Gasteiger partial charge in [0.1, 0.15) is 0 Å². The predicted octanol–water partition coefficient (Wildman–Crippen LogP) is 1.80. The molecule has 0 saturated carbocycles. The molecule has 3 rings (SSSR count). The standard InChI is InChI=1S/C16H18N4O3S/c1-20-10-8-15(24(20,22)23)16(21)19-14-11-17-9-7-13(14)18-12-5-3-2-4-6-12/h2-7,9,11,15H,8,10H2,1H3,(H,17,18)(H,19,21). The van der Waals surface area contributed by atoms with Crippen LogP contribution in [-0.4, -0.2) is 42.5 Å². The molecule has 7 nitrogen and oxygen atoms in total. The maximum atomic E-state index is 12.4. The number of para-hydroxylation sites is 1. The van der Waals surface area contributed by atoms with Crippen molar-refractivity contribution >= 4 is 33.0 Å². The van der Waals surface area contributed by atoms with Crippen molar-refractivity contribution in [2.75, 3.05) is 24.2 Å². The molecule has 1 amide bonds. The van der Waals surface area contributed by atoms with Crippen molar-refractivity contribution in [3.8, 4) is 0 Å². The highest BCUT2D eigenvalue weighted by atomic mass is 32.2. The Bertz CT molecular complexity index is 839. The fourth-order valence-electron chi connectivity index (χ4n) is 2.55. The van der Waals surface area contributed by atoms with Crippen molar-refractivity contribution < 1.29 is 13.2 Å². The molecule has 1 saturated heterocycles. The second-order valence-corrected chi connectivity index (χ2v) is 7.77. The lowest BCUT2D eigenvalue weighted by atomic mass is 10.2. The van der Waals surface area contributed by atoms with Crippen molar-refractivity contribution in [3.63, 3.8) is 0 Å². The molecule has 0 radical (unpaired) electrons. The van der Waals surface area contributed by atoms with Gasteiger partial charge in [0.25, 0.3) is 0 Å². The van der Waals surface area contributed by atoms with Crippen molar-refractivity contribution in [1.29, 1.82) is 0 Å². The van der Waals surface area contributed by atoms with E-state index in [4.69, 9.17) is 0 Å². The lowest BCUT2D eigenvalue weighted by Gasteiger charge is -2.15. The first-order valence-corrected chi connectivity index (χ1v) is 9.01. The lowest BCUT2D eigenvalue weighted by Crippen LogP contribution is -2.35. The largest absolute Gasteiger partial charge is 0.354 e. The smallest absolute Gasteiger partial charge is 0.244 e. The van der Waals surface area contributed by atoms with Gasteiger partial charge in [0.2, 0.25) is 15.9 Å². The zero-order valence-electron chi connectivity index (χ0n) is 13.1. The van der Waals surface area contributed by atoms with E-state index in [1.807, 2.05) is 30.3 Å². The maximum Gasteiger partial charge on any atom is 0.244 e. The highest BCUT2D eigenvalue weighted by molar-refractivity contribution is 7.90. The van der Waals surface area contributed by atoms with E-state index in [2.05, 4.69) is 15.6 Å². The molecule has 0 spiro atoms. The van der Waals surface area contributed by atoms with Crippen LogP contribution in [0.2, 0.25) is 0 Å². The Morgan fingerprint density at radius 3 is 2.62 bits per heavy atom. The Balaban J connectivity index is 1.80. The number of hydrogen-bond acceptors (Lipinski definition) is 5.